The van der Waals surface area contributed by atoms with Crippen LogP contribution in [0.1, 0.15) is 20.9 Å². The fourth-order valence-corrected chi connectivity index (χ4v) is 5.04. The number of carbonyl (C=O) groups excluding carboxylic acids is 2. The number of esters is 1. The summed E-state index contributed by atoms with van der Waals surface area (Å²) >= 11 is 0.0457. The third kappa shape index (κ3) is 3.42. The summed E-state index contributed by atoms with van der Waals surface area (Å²) in [6.45, 7) is 0. The molecule has 1 unspecified atom stereocenters. The van der Waals surface area contributed by atoms with E-state index in [2.05, 4.69) is 0 Å². The molecule has 0 fully saturated rings. The van der Waals surface area contributed by atoms with Crippen molar-refractivity contribution in [3.63, 3.8) is 0 Å². The number of methoxy groups -OCH3 is 1. The van der Waals surface area contributed by atoms with Crippen molar-refractivity contribution in [1.82, 2.24) is 4.90 Å². The van der Waals surface area contributed by atoms with Crippen molar-refractivity contribution in [1.29, 1.82) is 0 Å². The quantitative estimate of drug-likeness (QED) is 0.602. The summed E-state index contributed by atoms with van der Waals surface area (Å²) in [5.74, 6) is -0.471. The van der Waals surface area contributed by atoms with Gasteiger partial charge in [0.05, 0.1) is 0 Å². The molecular formula is C19H17NO3Se. The molecule has 1 amide bonds. The van der Waals surface area contributed by atoms with E-state index in [1.165, 1.54) is 7.11 Å². The van der Waals surface area contributed by atoms with Gasteiger partial charge in [-0.25, -0.2) is 0 Å². The molecule has 0 bridgehead atoms. The fraction of sp³-hybridized carbons (Fsp3) is 0.158. The zero-order valence-corrected chi connectivity index (χ0v) is 14.9. The van der Waals surface area contributed by atoms with Gasteiger partial charge in [-0.15, -0.1) is 0 Å². The molecule has 122 valence electrons. The van der Waals surface area contributed by atoms with Gasteiger partial charge in [0.1, 0.15) is 0 Å². The minimum atomic E-state index is -0.366. The van der Waals surface area contributed by atoms with Crippen LogP contribution in [0.2, 0.25) is 5.32 Å². The van der Waals surface area contributed by atoms with Gasteiger partial charge in [-0.1, -0.05) is 0 Å². The van der Waals surface area contributed by atoms with E-state index in [0.29, 0.717) is 16.5 Å². The predicted molar refractivity (Wildman–Crippen MR) is 92.5 cm³/mol. The normalized spacial score (nSPS) is 17.1. The average molecular weight is 386 g/mol. The number of ether oxygens (including phenoxy) is 1. The third-order valence-corrected chi connectivity index (χ3v) is 6.44. The topological polar surface area (TPSA) is 46.6 Å². The fourth-order valence-electron chi connectivity index (χ4n) is 2.53. The number of hydrogen-bond acceptors (Lipinski definition) is 3. The first-order valence-electron chi connectivity index (χ1n) is 7.54. The number of rotatable bonds is 3. The summed E-state index contributed by atoms with van der Waals surface area (Å²) in [5.41, 5.74) is 2.24. The maximum atomic E-state index is 13.0. The van der Waals surface area contributed by atoms with Gasteiger partial charge in [-0.2, -0.15) is 0 Å². The van der Waals surface area contributed by atoms with Crippen molar-refractivity contribution < 1.29 is 14.3 Å². The van der Waals surface area contributed by atoms with Gasteiger partial charge in [-0.05, 0) is 0 Å². The Hall–Kier alpha value is -2.36. The maximum absolute atomic E-state index is 13.0. The van der Waals surface area contributed by atoms with Crippen LogP contribution in [0, 0.1) is 0 Å². The third-order valence-electron chi connectivity index (χ3n) is 3.73. The van der Waals surface area contributed by atoms with E-state index in [9.17, 15) is 9.59 Å². The second kappa shape index (κ2) is 7.47. The van der Waals surface area contributed by atoms with E-state index < -0.39 is 0 Å². The molecule has 0 spiro atoms. The number of carbonyl (C=O) groups is 2. The van der Waals surface area contributed by atoms with Gasteiger partial charge >= 0.3 is 147 Å². The van der Waals surface area contributed by atoms with Gasteiger partial charge in [-0.3, -0.25) is 0 Å². The Kier molecular flexibility index (Phi) is 5.14. The summed E-state index contributed by atoms with van der Waals surface area (Å²) in [5, 5.41) is 0.651. The second-order valence-corrected chi connectivity index (χ2v) is 7.54. The molecule has 4 nitrogen and oxygen atoms in total. The molecule has 2 aromatic rings. The Morgan fingerprint density at radius 2 is 1.67 bits per heavy atom. The Bertz CT molecular complexity index is 759. The molecule has 24 heavy (non-hydrogen) atoms. The first kappa shape index (κ1) is 16.5. The molecule has 1 aliphatic rings. The van der Waals surface area contributed by atoms with E-state index >= 15 is 0 Å². The average Bonchev–Trinajstić information content (AvgIpc) is 2.67. The monoisotopic (exact) mass is 387 g/mol. The van der Waals surface area contributed by atoms with E-state index in [0.717, 1.165) is 5.56 Å². The van der Waals surface area contributed by atoms with Crippen LogP contribution in [-0.4, -0.2) is 38.8 Å². The minimum absolute atomic E-state index is 0.0280. The molecule has 0 aliphatic carbocycles. The Labute approximate surface area is 147 Å². The number of hydrogen-bond donors (Lipinski definition) is 0. The number of nitrogens with zero attached hydrogens (tertiary/aromatic N) is 1. The molecule has 3 rings (SSSR count). The van der Waals surface area contributed by atoms with Gasteiger partial charge < -0.3 is 0 Å². The van der Waals surface area contributed by atoms with E-state index in [-0.39, 0.29) is 31.8 Å². The SMILES string of the molecule is COC(=O)C1=CN(C(=O)c2ccccc2)C(c2ccccc2)[Se]C1. The molecule has 0 N–H and O–H groups in total. The first-order valence-corrected chi connectivity index (χ1v) is 9.74. The molecule has 1 heterocycles. The van der Waals surface area contributed by atoms with Crippen LogP contribution in [-0.2, 0) is 9.53 Å². The summed E-state index contributed by atoms with van der Waals surface area (Å²) in [6.07, 6.45) is 1.66. The molecule has 2 aromatic carbocycles. The molecule has 1 aliphatic heterocycles. The summed E-state index contributed by atoms with van der Waals surface area (Å²) in [7, 11) is 1.36. The van der Waals surface area contributed by atoms with Crippen LogP contribution in [0.4, 0.5) is 0 Å². The molecule has 0 saturated carbocycles. The van der Waals surface area contributed by atoms with E-state index in [1.54, 1.807) is 23.2 Å². The van der Waals surface area contributed by atoms with Crippen LogP contribution < -0.4 is 0 Å². The van der Waals surface area contributed by atoms with Crippen LogP contribution >= 0.6 is 0 Å². The molecule has 5 heteroatoms. The zero-order chi connectivity index (χ0) is 16.9. The molecule has 0 saturated heterocycles. The van der Waals surface area contributed by atoms with Crippen molar-refractivity contribution in [3.05, 3.63) is 83.6 Å². The summed E-state index contributed by atoms with van der Waals surface area (Å²) in [6, 6.07) is 19.1. The zero-order valence-electron chi connectivity index (χ0n) is 13.2. The van der Waals surface area contributed by atoms with Gasteiger partial charge in [0.25, 0.3) is 0 Å². The second-order valence-electron chi connectivity index (χ2n) is 5.30. The van der Waals surface area contributed by atoms with Crippen LogP contribution in [0.3, 0.4) is 0 Å². The number of amides is 1. The summed E-state index contributed by atoms with van der Waals surface area (Å²) < 4.78 is 4.83. The molecule has 0 aromatic heterocycles. The standard InChI is InChI=1S/C19H17NO3Se/c1-23-19(22)16-12-20(17(21)14-8-4-2-5-9-14)18(24-13-16)15-10-6-3-7-11-15/h2-12,18H,13H2,1H3. The number of benzene rings is 2. The predicted octanol–water partition coefficient (Wildman–Crippen LogP) is 3.02. The van der Waals surface area contributed by atoms with Crippen molar-refractivity contribution in [2.24, 2.45) is 0 Å². The van der Waals surface area contributed by atoms with Crippen LogP contribution in [0.15, 0.2) is 72.4 Å². The van der Waals surface area contributed by atoms with Crippen molar-refractivity contribution in [2.75, 3.05) is 7.11 Å². The molecular weight excluding hydrogens is 369 g/mol. The Balaban J connectivity index is 1.99. The van der Waals surface area contributed by atoms with E-state index in [4.69, 9.17) is 4.74 Å². The van der Waals surface area contributed by atoms with Crippen molar-refractivity contribution in [2.45, 2.75) is 10.3 Å². The summed E-state index contributed by atoms with van der Waals surface area (Å²) in [4.78, 5) is 26.5. The Morgan fingerprint density at radius 3 is 2.29 bits per heavy atom. The molecule has 0 radical (unpaired) electrons. The van der Waals surface area contributed by atoms with E-state index in [1.807, 2.05) is 48.5 Å². The Morgan fingerprint density at radius 1 is 1.04 bits per heavy atom. The van der Waals surface area contributed by atoms with Gasteiger partial charge in [0.2, 0.25) is 0 Å². The van der Waals surface area contributed by atoms with Crippen LogP contribution in [0.5, 0.6) is 0 Å². The van der Waals surface area contributed by atoms with Crippen LogP contribution in [0.25, 0.3) is 0 Å². The first-order chi connectivity index (χ1) is 11.7. The molecule has 1 atom stereocenters. The van der Waals surface area contributed by atoms with Gasteiger partial charge in [0.15, 0.2) is 0 Å². The van der Waals surface area contributed by atoms with Gasteiger partial charge in [0, 0.05) is 0 Å². The van der Waals surface area contributed by atoms with Crippen molar-refractivity contribution >= 4 is 26.8 Å². The van der Waals surface area contributed by atoms with Crippen molar-refractivity contribution in [3.8, 4) is 0 Å².